The molecule has 8 nitrogen and oxygen atoms in total. The van der Waals surface area contributed by atoms with Crippen molar-refractivity contribution in [3.8, 4) is 17.2 Å². The highest BCUT2D eigenvalue weighted by Gasteiger charge is 2.47. The number of Topliss-reactive ketones (excluding diaryl/α,β-unsaturated/α-hetero) is 1. The Morgan fingerprint density at radius 3 is 2.21 bits per heavy atom. The van der Waals surface area contributed by atoms with Gasteiger partial charge in [0.25, 0.3) is 11.7 Å². The number of aliphatic hydroxyl groups is 1. The molecule has 0 aliphatic carbocycles. The zero-order valence-corrected chi connectivity index (χ0v) is 19.8. The normalized spacial score (nSPS) is 17.5. The van der Waals surface area contributed by atoms with E-state index in [1.165, 1.54) is 19.1 Å². The number of carbonyl (C=O) groups excluding carboxylic acids is 2. The highest BCUT2D eigenvalue weighted by molar-refractivity contribution is 6.46. The number of amides is 1. The van der Waals surface area contributed by atoms with Crippen molar-refractivity contribution in [3.63, 3.8) is 0 Å². The fraction of sp³-hybridized carbons (Fsp3) is 0.360. The van der Waals surface area contributed by atoms with Gasteiger partial charge in [-0.1, -0.05) is 0 Å². The maximum absolute atomic E-state index is 13.2. The lowest BCUT2D eigenvalue weighted by Gasteiger charge is -2.28. The number of hydrogen-bond donors (Lipinski definition) is 1. The Kier molecular flexibility index (Phi) is 7.28. The topological polar surface area (TPSA) is 88.5 Å². The van der Waals surface area contributed by atoms with Crippen molar-refractivity contribution in [1.82, 2.24) is 9.80 Å². The van der Waals surface area contributed by atoms with Gasteiger partial charge in [-0.05, 0) is 63.0 Å². The van der Waals surface area contributed by atoms with Gasteiger partial charge in [0.05, 0.1) is 32.9 Å². The second-order valence-electron chi connectivity index (χ2n) is 8.08. The van der Waals surface area contributed by atoms with E-state index >= 15 is 0 Å². The molecule has 1 fully saturated rings. The van der Waals surface area contributed by atoms with Gasteiger partial charge < -0.3 is 29.1 Å². The Bertz CT molecular complexity index is 1090. The summed E-state index contributed by atoms with van der Waals surface area (Å²) in [6, 6.07) is 9.49. The van der Waals surface area contributed by atoms with E-state index in [1.807, 2.05) is 19.0 Å². The minimum Gasteiger partial charge on any atom is -0.507 e. The summed E-state index contributed by atoms with van der Waals surface area (Å²) in [4.78, 5) is 29.7. The van der Waals surface area contributed by atoms with Gasteiger partial charge in [0.2, 0.25) is 0 Å². The summed E-state index contributed by atoms with van der Waals surface area (Å²) in [6.07, 6.45) is 0. The van der Waals surface area contributed by atoms with Crippen LogP contribution in [0, 0.1) is 6.92 Å². The van der Waals surface area contributed by atoms with Gasteiger partial charge in [-0.25, -0.2) is 0 Å². The molecule has 1 heterocycles. The number of benzene rings is 2. The molecule has 8 heteroatoms. The molecule has 1 amide bonds. The zero-order valence-electron chi connectivity index (χ0n) is 19.8. The van der Waals surface area contributed by atoms with E-state index in [-0.39, 0.29) is 11.3 Å². The van der Waals surface area contributed by atoms with Gasteiger partial charge in [-0.2, -0.15) is 0 Å². The van der Waals surface area contributed by atoms with Crippen molar-refractivity contribution in [2.24, 2.45) is 0 Å². The number of aryl methyl sites for hydroxylation is 1. The van der Waals surface area contributed by atoms with Crippen LogP contribution in [0.15, 0.2) is 42.0 Å². The smallest absolute Gasteiger partial charge is 0.295 e. The molecule has 0 unspecified atom stereocenters. The van der Waals surface area contributed by atoms with E-state index in [4.69, 9.17) is 14.2 Å². The van der Waals surface area contributed by atoms with Crippen molar-refractivity contribution in [2.45, 2.75) is 13.0 Å². The molecule has 0 aromatic heterocycles. The first-order valence-corrected chi connectivity index (χ1v) is 10.5. The summed E-state index contributed by atoms with van der Waals surface area (Å²) in [5, 5.41) is 11.3. The van der Waals surface area contributed by atoms with Gasteiger partial charge in [0.1, 0.15) is 23.0 Å². The number of methoxy groups -OCH3 is 3. The maximum atomic E-state index is 13.2. The largest absolute Gasteiger partial charge is 0.507 e. The van der Waals surface area contributed by atoms with Crippen LogP contribution in [0.5, 0.6) is 17.2 Å². The number of likely N-dealkylation sites (tertiary alicyclic amines) is 1. The molecule has 0 radical (unpaired) electrons. The Morgan fingerprint density at radius 2 is 1.64 bits per heavy atom. The van der Waals surface area contributed by atoms with Crippen molar-refractivity contribution in [2.75, 3.05) is 48.5 Å². The van der Waals surface area contributed by atoms with Crippen molar-refractivity contribution in [1.29, 1.82) is 0 Å². The average Bonchev–Trinajstić information content (AvgIpc) is 3.06. The molecule has 176 valence electrons. The Morgan fingerprint density at radius 1 is 1.00 bits per heavy atom. The van der Waals surface area contributed by atoms with Gasteiger partial charge in [0, 0.05) is 24.2 Å². The van der Waals surface area contributed by atoms with Crippen molar-refractivity contribution in [3.05, 3.63) is 58.7 Å². The second kappa shape index (κ2) is 9.95. The van der Waals surface area contributed by atoms with Crippen LogP contribution in [0.3, 0.4) is 0 Å². The third-order valence-electron chi connectivity index (χ3n) is 5.75. The van der Waals surface area contributed by atoms with Crippen LogP contribution in [0.25, 0.3) is 5.76 Å². The summed E-state index contributed by atoms with van der Waals surface area (Å²) in [5.74, 6) is 0.00699. The SMILES string of the molecule is COc1ccc(/C(O)=C2\C(=O)C(=O)N(CCN(C)C)[C@@H]2c2cc(OC)ccc2OC)c(C)c1. The average molecular weight is 455 g/mol. The third-order valence-corrected chi connectivity index (χ3v) is 5.75. The van der Waals surface area contributed by atoms with E-state index in [9.17, 15) is 14.7 Å². The number of carbonyl (C=O) groups is 2. The fourth-order valence-corrected chi connectivity index (χ4v) is 3.97. The summed E-state index contributed by atoms with van der Waals surface area (Å²) >= 11 is 0. The minimum absolute atomic E-state index is 0.0126. The van der Waals surface area contributed by atoms with E-state index in [2.05, 4.69) is 0 Å². The molecule has 1 N–H and O–H groups in total. The molecular weight excluding hydrogens is 424 g/mol. The molecule has 0 bridgehead atoms. The standard InChI is InChI=1S/C25H30N2O6/c1-15-13-16(31-4)7-9-18(15)23(28)21-22(19-14-17(32-5)8-10-20(19)33-6)27(12-11-26(2)3)25(30)24(21)29/h7-10,13-14,22,28H,11-12H2,1-6H3/b23-21+/t22-/m1/s1. The summed E-state index contributed by atoms with van der Waals surface area (Å²) in [7, 11) is 8.39. The van der Waals surface area contributed by atoms with E-state index in [0.29, 0.717) is 47.0 Å². The Labute approximate surface area is 194 Å². The number of nitrogens with zero attached hydrogens (tertiary/aromatic N) is 2. The number of rotatable bonds is 8. The molecule has 1 aliphatic heterocycles. The summed E-state index contributed by atoms with van der Waals surface area (Å²) in [6.45, 7) is 2.64. The van der Waals surface area contributed by atoms with Crippen LogP contribution in [0.2, 0.25) is 0 Å². The van der Waals surface area contributed by atoms with Gasteiger partial charge in [-0.3, -0.25) is 9.59 Å². The molecule has 0 spiro atoms. The van der Waals surface area contributed by atoms with Crippen molar-refractivity contribution < 1.29 is 28.9 Å². The Balaban J connectivity index is 2.26. The Hall–Kier alpha value is -3.52. The van der Waals surface area contributed by atoms with Crippen molar-refractivity contribution >= 4 is 17.4 Å². The zero-order chi connectivity index (χ0) is 24.3. The quantitative estimate of drug-likeness (QED) is 0.373. The number of likely N-dealkylation sites (N-methyl/N-ethyl adjacent to an activating group) is 1. The van der Waals surface area contributed by atoms with Gasteiger partial charge >= 0.3 is 0 Å². The predicted molar refractivity (Wildman–Crippen MR) is 125 cm³/mol. The molecule has 1 saturated heterocycles. The number of ether oxygens (including phenoxy) is 3. The highest BCUT2D eigenvalue weighted by atomic mass is 16.5. The van der Waals surface area contributed by atoms with E-state index in [1.54, 1.807) is 50.4 Å². The molecule has 3 rings (SSSR count). The minimum atomic E-state index is -0.837. The van der Waals surface area contributed by atoms with E-state index < -0.39 is 17.7 Å². The molecule has 33 heavy (non-hydrogen) atoms. The third kappa shape index (κ3) is 4.66. The highest BCUT2D eigenvalue weighted by Crippen LogP contribution is 2.44. The molecule has 0 saturated carbocycles. The molecule has 1 atom stereocenters. The van der Waals surface area contributed by atoms with Gasteiger partial charge in [0.15, 0.2) is 0 Å². The maximum Gasteiger partial charge on any atom is 0.295 e. The van der Waals surface area contributed by atoms with Crippen LogP contribution in [-0.2, 0) is 9.59 Å². The number of ketones is 1. The molecular formula is C25H30N2O6. The molecule has 2 aromatic rings. The number of aliphatic hydroxyl groups excluding tert-OH is 1. The molecule has 1 aliphatic rings. The predicted octanol–water partition coefficient (Wildman–Crippen LogP) is 3.00. The van der Waals surface area contributed by atoms with Gasteiger partial charge in [-0.15, -0.1) is 0 Å². The first-order valence-electron chi connectivity index (χ1n) is 10.5. The van der Waals surface area contributed by atoms with Crippen LogP contribution in [0.1, 0.15) is 22.7 Å². The lowest BCUT2D eigenvalue weighted by Crippen LogP contribution is -2.35. The first kappa shape index (κ1) is 24.1. The van der Waals surface area contributed by atoms with Crippen LogP contribution in [0.4, 0.5) is 0 Å². The second-order valence-corrected chi connectivity index (χ2v) is 8.08. The van der Waals surface area contributed by atoms with Crippen LogP contribution >= 0.6 is 0 Å². The lowest BCUT2D eigenvalue weighted by molar-refractivity contribution is -0.140. The van der Waals surface area contributed by atoms with Crippen LogP contribution < -0.4 is 14.2 Å². The molecule has 2 aromatic carbocycles. The monoisotopic (exact) mass is 454 g/mol. The fourth-order valence-electron chi connectivity index (χ4n) is 3.97. The van der Waals surface area contributed by atoms with Crippen LogP contribution in [-0.4, -0.2) is 75.1 Å². The first-order chi connectivity index (χ1) is 15.7. The lowest BCUT2D eigenvalue weighted by atomic mass is 9.93. The summed E-state index contributed by atoms with van der Waals surface area (Å²) in [5.41, 5.74) is 1.73. The summed E-state index contributed by atoms with van der Waals surface area (Å²) < 4.78 is 16.2. The van der Waals surface area contributed by atoms with E-state index in [0.717, 1.165) is 0 Å². The number of hydrogen-bond acceptors (Lipinski definition) is 7.